The number of unbranched alkanes of at least 4 members (excludes halogenated alkanes) is 11. The molecule has 0 bridgehead atoms. The SMILES string of the molecule is CCCCCCCC/C=C\CCCCCCCC(=O)SCCS(=O)(=O)O. The lowest BCUT2D eigenvalue weighted by Gasteiger charge is -2.01. The molecule has 1 N–H and O–H groups in total. The Morgan fingerprint density at radius 2 is 1.35 bits per heavy atom. The second-order valence-corrected chi connectivity index (χ2v) is 9.57. The summed E-state index contributed by atoms with van der Waals surface area (Å²) in [7, 11) is -3.95. The highest BCUT2D eigenvalue weighted by molar-refractivity contribution is 8.14. The van der Waals surface area contributed by atoms with Crippen LogP contribution in [0.3, 0.4) is 0 Å². The van der Waals surface area contributed by atoms with Gasteiger partial charge in [-0.15, -0.1) is 0 Å². The number of carbonyl (C=O) groups is 1. The summed E-state index contributed by atoms with van der Waals surface area (Å²) in [5, 5.41) is 0.0197. The maximum Gasteiger partial charge on any atom is 0.265 e. The lowest BCUT2D eigenvalue weighted by molar-refractivity contribution is -0.111. The van der Waals surface area contributed by atoms with E-state index in [2.05, 4.69) is 19.1 Å². The molecular weight excluding hydrogens is 368 g/mol. The number of carbonyl (C=O) groups excluding carboxylic acids is 1. The van der Waals surface area contributed by atoms with Gasteiger partial charge in [-0.25, -0.2) is 0 Å². The van der Waals surface area contributed by atoms with Gasteiger partial charge in [0.15, 0.2) is 5.12 Å². The molecule has 6 heteroatoms. The normalized spacial score (nSPS) is 12.1. The van der Waals surface area contributed by atoms with E-state index in [1.54, 1.807) is 0 Å². The number of hydrogen-bond donors (Lipinski definition) is 1. The molecule has 154 valence electrons. The summed E-state index contributed by atoms with van der Waals surface area (Å²) in [6, 6.07) is 0. The van der Waals surface area contributed by atoms with E-state index in [0.29, 0.717) is 6.42 Å². The van der Waals surface area contributed by atoms with E-state index in [-0.39, 0.29) is 16.6 Å². The maximum atomic E-state index is 11.5. The Hall–Kier alpha value is -0.330. The standard InChI is InChI=1S/C20H38O4S2/c1-2-3-4-5-6-7-8-9-10-11-12-13-14-15-16-17-20(21)25-18-19-26(22,23)24/h9-10H,2-8,11-19H2,1H3,(H,22,23,24)/b10-9-. The van der Waals surface area contributed by atoms with Crippen LogP contribution in [-0.2, 0) is 14.9 Å². The van der Waals surface area contributed by atoms with Crippen LogP contribution in [0.4, 0.5) is 0 Å². The van der Waals surface area contributed by atoms with Gasteiger partial charge in [-0.1, -0.05) is 82.2 Å². The summed E-state index contributed by atoms with van der Waals surface area (Å²) >= 11 is 1.00. The van der Waals surface area contributed by atoms with E-state index in [1.807, 2.05) is 0 Å². The fourth-order valence-electron chi connectivity index (χ4n) is 2.67. The van der Waals surface area contributed by atoms with Crippen molar-refractivity contribution < 1.29 is 17.8 Å². The highest BCUT2D eigenvalue weighted by atomic mass is 32.2. The van der Waals surface area contributed by atoms with E-state index in [0.717, 1.165) is 37.4 Å². The van der Waals surface area contributed by atoms with Crippen LogP contribution in [0.25, 0.3) is 0 Å². The molecule has 0 aromatic rings. The topological polar surface area (TPSA) is 71.4 Å². The molecule has 0 rings (SSSR count). The summed E-state index contributed by atoms with van der Waals surface area (Å²) in [5.41, 5.74) is 0. The molecule has 0 saturated carbocycles. The van der Waals surface area contributed by atoms with E-state index in [4.69, 9.17) is 4.55 Å². The van der Waals surface area contributed by atoms with Gasteiger partial charge in [-0.05, 0) is 32.1 Å². The van der Waals surface area contributed by atoms with E-state index in [9.17, 15) is 13.2 Å². The quantitative estimate of drug-likeness (QED) is 0.167. The van der Waals surface area contributed by atoms with Crippen LogP contribution in [0.1, 0.15) is 96.8 Å². The van der Waals surface area contributed by atoms with Gasteiger partial charge in [0.25, 0.3) is 10.1 Å². The minimum absolute atomic E-state index is 0.0197. The van der Waals surface area contributed by atoms with Crippen LogP contribution in [0.15, 0.2) is 12.2 Å². The average Bonchev–Trinajstić information content (AvgIpc) is 2.57. The van der Waals surface area contributed by atoms with Gasteiger partial charge in [0, 0.05) is 12.2 Å². The first-order valence-electron chi connectivity index (χ1n) is 10.2. The molecular formula is C20H38O4S2. The van der Waals surface area contributed by atoms with Gasteiger partial charge >= 0.3 is 0 Å². The molecule has 0 aliphatic carbocycles. The molecule has 0 atom stereocenters. The summed E-state index contributed by atoms with van der Waals surface area (Å²) in [6.07, 6.45) is 21.1. The number of allylic oxidation sites excluding steroid dienone is 2. The van der Waals surface area contributed by atoms with Crippen LogP contribution in [-0.4, -0.2) is 29.6 Å². The Bertz CT molecular complexity index is 458. The van der Waals surface area contributed by atoms with Crippen LogP contribution < -0.4 is 0 Å². The van der Waals surface area contributed by atoms with Gasteiger partial charge in [0.1, 0.15) is 0 Å². The van der Waals surface area contributed by atoms with Crippen molar-refractivity contribution in [3.8, 4) is 0 Å². The van der Waals surface area contributed by atoms with Gasteiger partial charge in [-0.2, -0.15) is 8.42 Å². The summed E-state index contributed by atoms with van der Waals surface area (Å²) in [5.74, 6) is -0.210. The Morgan fingerprint density at radius 1 is 0.846 bits per heavy atom. The fourth-order valence-corrected chi connectivity index (χ4v) is 4.37. The smallest absolute Gasteiger partial charge is 0.265 e. The van der Waals surface area contributed by atoms with Crippen LogP contribution in [0, 0.1) is 0 Å². The van der Waals surface area contributed by atoms with Crippen molar-refractivity contribution in [2.75, 3.05) is 11.5 Å². The molecule has 0 aromatic carbocycles. The third-order valence-corrected chi connectivity index (χ3v) is 6.16. The molecule has 0 unspecified atom stereocenters. The second-order valence-electron chi connectivity index (χ2n) is 6.84. The van der Waals surface area contributed by atoms with Crippen molar-refractivity contribution in [3.05, 3.63) is 12.2 Å². The molecule has 0 saturated heterocycles. The Labute approximate surface area is 165 Å². The number of hydrogen-bond acceptors (Lipinski definition) is 4. The minimum atomic E-state index is -3.95. The lowest BCUT2D eigenvalue weighted by atomic mass is 10.1. The van der Waals surface area contributed by atoms with Gasteiger partial charge in [-0.3, -0.25) is 9.35 Å². The molecule has 0 heterocycles. The second kappa shape index (κ2) is 18.1. The third-order valence-electron chi connectivity index (χ3n) is 4.25. The Kier molecular flexibility index (Phi) is 17.8. The van der Waals surface area contributed by atoms with Crippen LogP contribution in [0.5, 0.6) is 0 Å². The van der Waals surface area contributed by atoms with Crippen molar-refractivity contribution in [3.63, 3.8) is 0 Å². The Balaban J connectivity index is 3.28. The van der Waals surface area contributed by atoms with Gasteiger partial charge < -0.3 is 0 Å². The Morgan fingerprint density at radius 3 is 1.88 bits per heavy atom. The predicted molar refractivity (Wildman–Crippen MR) is 113 cm³/mol. The highest BCUT2D eigenvalue weighted by Crippen LogP contribution is 2.13. The lowest BCUT2D eigenvalue weighted by Crippen LogP contribution is -2.07. The fraction of sp³-hybridized carbons (Fsp3) is 0.850. The van der Waals surface area contributed by atoms with E-state index in [1.165, 1.54) is 57.8 Å². The molecule has 4 nitrogen and oxygen atoms in total. The van der Waals surface area contributed by atoms with Crippen molar-refractivity contribution in [2.24, 2.45) is 0 Å². The van der Waals surface area contributed by atoms with Gasteiger partial charge in [0.2, 0.25) is 0 Å². The average molecular weight is 407 g/mol. The number of rotatable bonds is 18. The van der Waals surface area contributed by atoms with E-state index < -0.39 is 10.1 Å². The first kappa shape index (κ1) is 25.7. The van der Waals surface area contributed by atoms with Gasteiger partial charge in [0.05, 0.1) is 5.75 Å². The number of thioether (sulfide) groups is 1. The third kappa shape index (κ3) is 21.7. The molecule has 0 spiro atoms. The highest BCUT2D eigenvalue weighted by Gasteiger charge is 2.07. The minimum Gasteiger partial charge on any atom is -0.287 e. The summed E-state index contributed by atoms with van der Waals surface area (Å²) in [4.78, 5) is 11.5. The monoisotopic (exact) mass is 406 g/mol. The van der Waals surface area contributed by atoms with Crippen molar-refractivity contribution in [1.82, 2.24) is 0 Å². The molecule has 0 aliphatic heterocycles. The summed E-state index contributed by atoms with van der Waals surface area (Å²) in [6.45, 7) is 2.25. The predicted octanol–water partition coefficient (Wildman–Crippen LogP) is 6.17. The van der Waals surface area contributed by atoms with Crippen molar-refractivity contribution in [2.45, 2.75) is 96.8 Å². The van der Waals surface area contributed by atoms with Crippen molar-refractivity contribution >= 4 is 27.0 Å². The summed E-state index contributed by atoms with van der Waals surface area (Å²) < 4.78 is 29.7. The van der Waals surface area contributed by atoms with Crippen LogP contribution in [0.2, 0.25) is 0 Å². The largest absolute Gasteiger partial charge is 0.287 e. The van der Waals surface area contributed by atoms with Crippen LogP contribution >= 0.6 is 11.8 Å². The maximum absolute atomic E-state index is 11.5. The van der Waals surface area contributed by atoms with Crippen molar-refractivity contribution in [1.29, 1.82) is 0 Å². The molecule has 0 aliphatic rings. The molecule has 0 radical (unpaired) electrons. The van der Waals surface area contributed by atoms with E-state index >= 15 is 0 Å². The first-order valence-corrected chi connectivity index (χ1v) is 12.8. The molecule has 26 heavy (non-hydrogen) atoms. The molecule has 0 fully saturated rings. The zero-order valence-electron chi connectivity index (χ0n) is 16.5. The molecule has 0 aromatic heterocycles. The molecule has 0 amide bonds. The first-order chi connectivity index (χ1) is 12.5. The zero-order valence-corrected chi connectivity index (χ0v) is 18.1. The zero-order chi connectivity index (χ0) is 19.5.